The van der Waals surface area contributed by atoms with Crippen LogP contribution in [0.4, 0.5) is 24.1 Å². The number of benzene rings is 1. The largest absolute Gasteiger partial charge is 0.416 e. The molecule has 0 spiro atoms. The molecule has 0 saturated carbocycles. The third-order valence-corrected chi connectivity index (χ3v) is 4.58. The highest BCUT2D eigenvalue weighted by molar-refractivity contribution is 7.71. The van der Waals surface area contributed by atoms with Crippen LogP contribution < -0.4 is 11.2 Å². The zero-order valence-corrected chi connectivity index (χ0v) is 14.7. The fourth-order valence-electron chi connectivity index (χ4n) is 2.18. The molecule has 0 aliphatic heterocycles. The predicted octanol–water partition coefficient (Wildman–Crippen LogP) is 3.83. The maximum Gasteiger partial charge on any atom is 0.416 e. The number of carbonyl (C=O) groups is 1. The molecule has 0 saturated heterocycles. The summed E-state index contributed by atoms with van der Waals surface area (Å²) in [5, 5.41) is 6.59. The van der Waals surface area contributed by atoms with Gasteiger partial charge in [0.25, 0.3) is 0 Å². The molecule has 11 heteroatoms. The highest BCUT2D eigenvalue weighted by Gasteiger charge is 2.31. The number of hydrogen-bond acceptors (Lipinski definition) is 6. The first-order valence-electron chi connectivity index (χ1n) is 7.22. The molecule has 0 amide bonds. The third kappa shape index (κ3) is 3.78. The fraction of sp³-hybridized carbons (Fsp3) is 0.133. The molecular formula is C15H12F3N5OS2. The minimum absolute atomic E-state index is 0.0280. The average Bonchev–Trinajstić information content (AvgIpc) is 3.19. The molecule has 136 valence electrons. The van der Waals surface area contributed by atoms with Gasteiger partial charge in [0.2, 0.25) is 10.7 Å². The zero-order chi connectivity index (χ0) is 18.9. The summed E-state index contributed by atoms with van der Waals surface area (Å²) in [5.74, 6) is -0.534. The van der Waals surface area contributed by atoms with E-state index in [0.717, 1.165) is 21.8 Å². The van der Waals surface area contributed by atoms with Gasteiger partial charge < -0.3 is 5.73 Å². The van der Waals surface area contributed by atoms with E-state index in [-0.39, 0.29) is 22.8 Å². The van der Waals surface area contributed by atoms with Gasteiger partial charge in [0.15, 0.2) is 5.78 Å². The molecule has 2 heterocycles. The van der Waals surface area contributed by atoms with Gasteiger partial charge in [-0.2, -0.15) is 17.8 Å². The number of halogens is 3. The van der Waals surface area contributed by atoms with Crippen molar-refractivity contribution in [2.75, 3.05) is 11.2 Å². The monoisotopic (exact) mass is 399 g/mol. The van der Waals surface area contributed by atoms with Gasteiger partial charge >= 0.3 is 6.18 Å². The van der Waals surface area contributed by atoms with Crippen LogP contribution in [0.25, 0.3) is 0 Å². The fourth-order valence-corrected chi connectivity index (χ4v) is 3.03. The van der Waals surface area contributed by atoms with E-state index in [4.69, 9.17) is 18.0 Å². The van der Waals surface area contributed by atoms with Gasteiger partial charge in [-0.3, -0.25) is 10.2 Å². The molecule has 0 unspecified atom stereocenters. The number of anilines is 2. The molecule has 26 heavy (non-hydrogen) atoms. The Morgan fingerprint density at radius 3 is 2.73 bits per heavy atom. The lowest BCUT2D eigenvalue weighted by Crippen LogP contribution is -2.15. The summed E-state index contributed by atoms with van der Waals surface area (Å²) >= 11 is 6.65. The topological polar surface area (TPSA) is 77.9 Å². The van der Waals surface area contributed by atoms with Crippen molar-refractivity contribution in [3.63, 3.8) is 0 Å². The summed E-state index contributed by atoms with van der Waals surface area (Å²) in [5.41, 5.74) is 7.77. The van der Waals surface area contributed by atoms with Gasteiger partial charge in [-0.25, -0.2) is 4.68 Å². The number of rotatable bonds is 5. The number of thiophene rings is 1. The van der Waals surface area contributed by atoms with Gasteiger partial charge in [0.1, 0.15) is 11.5 Å². The van der Waals surface area contributed by atoms with Crippen molar-refractivity contribution in [2.45, 2.75) is 12.7 Å². The first kappa shape index (κ1) is 18.1. The van der Waals surface area contributed by atoms with Crippen LogP contribution in [0.2, 0.25) is 0 Å². The first-order chi connectivity index (χ1) is 12.3. The van der Waals surface area contributed by atoms with Crippen molar-refractivity contribution in [1.29, 1.82) is 0 Å². The molecule has 0 bridgehead atoms. The van der Waals surface area contributed by atoms with Crippen LogP contribution in [0.1, 0.15) is 15.9 Å². The first-order valence-corrected chi connectivity index (χ1v) is 8.51. The molecule has 0 aliphatic rings. The van der Waals surface area contributed by atoms with Gasteiger partial charge in [-0.05, 0) is 41.9 Å². The second-order valence-corrected chi connectivity index (χ2v) is 6.54. The molecule has 0 aliphatic carbocycles. The molecule has 3 rings (SSSR count). The Bertz CT molecular complexity index is 992. The van der Waals surface area contributed by atoms with Crippen molar-refractivity contribution >= 4 is 40.3 Å². The summed E-state index contributed by atoms with van der Waals surface area (Å²) in [6.45, 7) is -0.330. The Morgan fingerprint density at radius 2 is 2.08 bits per heavy atom. The lowest BCUT2D eigenvalue weighted by Gasteiger charge is -2.08. The van der Waals surface area contributed by atoms with Crippen molar-refractivity contribution in [1.82, 2.24) is 14.5 Å². The lowest BCUT2D eigenvalue weighted by atomic mass is 10.1. The summed E-state index contributed by atoms with van der Waals surface area (Å²) in [4.78, 5) is 12.3. The Balaban J connectivity index is 1.83. The lowest BCUT2D eigenvalue weighted by molar-refractivity contribution is -0.137. The number of ketones is 1. The Kier molecular flexibility index (Phi) is 4.83. The standard InChI is InChI=1S/C15H12F3N5OS2/c16-15(17,18)10-4-1-3-9(7-10)11(24)8-22-14(25)23(13(19)21-22)20-12-5-2-6-26-12/h1-7,20H,8H2,(H2,19,21). The van der Waals surface area contributed by atoms with E-state index in [1.165, 1.54) is 28.1 Å². The van der Waals surface area contributed by atoms with Crippen LogP contribution in [0, 0.1) is 4.77 Å². The normalized spacial score (nSPS) is 11.5. The number of hydrogen-bond donors (Lipinski definition) is 2. The van der Waals surface area contributed by atoms with E-state index in [2.05, 4.69) is 10.5 Å². The van der Waals surface area contributed by atoms with Gasteiger partial charge in [0, 0.05) is 5.56 Å². The molecule has 0 radical (unpaired) electrons. The average molecular weight is 399 g/mol. The quantitative estimate of drug-likeness (QED) is 0.504. The maximum absolute atomic E-state index is 12.8. The van der Waals surface area contributed by atoms with Gasteiger partial charge in [0.05, 0.1) is 5.56 Å². The molecular weight excluding hydrogens is 387 g/mol. The summed E-state index contributed by atoms with van der Waals surface area (Å²) < 4.78 is 41.0. The Morgan fingerprint density at radius 1 is 1.31 bits per heavy atom. The van der Waals surface area contributed by atoms with Crippen LogP contribution in [-0.2, 0) is 12.7 Å². The van der Waals surface area contributed by atoms with Gasteiger partial charge in [-0.1, -0.05) is 12.1 Å². The van der Waals surface area contributed by atoms with Crippen LogP contribution in [0.5, 0.6) is 0 Å². The van der Waals surface area contributed by atoms with E-state index in [0.29, 0.717) is 0 Å². The smallest absolute Gasteiger partial charge is 0.366 e. The molecule has 3 aromatic rings. The van der Waals surface area contributed by atoms with Crippen molar-refractivity contribution in [2.24, 2.45) is 0 Å². The van der Waals surface area contributed by atoms with Crippen LogP contribution >= 0.6 is 23.6 Å². The molecule has 0 atom stereocenters. The second-order valence-electron chi connectivity index (χ2n) is 5.22. The van der Waals surface area contributed by atoms with E-state index in [1.54, 1.807) is 6.07 Å². The van der Waals surface area contributed by atoms with E-state index in [1.807, 2.05) is 11.4 Å². The van der Waals surface area contributed by atoms with E-state index in [9.17, 15) is 18.0 Å². The van der Waals surface area contributed by atoms with Crippen molar-refractivity contribution in [3.05, 3.63) is 57.7 Å². The number of nitrogens with zero attached hydrogens (tertiary/aromatic N) is 3. The number of Topliss-reactive ketones (excluding diaryl/α,β-unsaturated/α-hetero) is 1. The second kappa shape index (κ2) is 6.92. The SMILES string of the molecule is Nc1nn(CC(=O)c2cccc(C(F)(F)F)c2)c(=S)n1Nc1cccs1. The summed E-state index contributed by atoms with van der Waals surface area (Å²) in [7, 11) is 0. The van der Waals surface area contributed by atoms with E-state index >= 15 is 0 Å². The number of nitrogen functional groups attached to an aromatic ring is 1. The molecule has 2 aromatic heterocycles. The number of nitrogens with two attached hydrogens (primary N) is 1. The van der Waals surface area contributed by atoms with Crippen LogP contribution in [0.3, 0.4) is 0 Å². The number of nitrogens with one attached hydrogen (secondary N) is 1. The number of carbonyl (C=O) groups excluding carboxylic acids is 1. The molecule has 3 N–H and O–H groups in total. The zero-order valence-electron chi connectivity index (χ0n) is 13.0. The number of alkyl halides is 3. The van der Waals surface area contributed by atoms with E-state index < -0.39 is 17.5 Å². The molecule has 1 aromatic carbocycles. The van der Waals surface area contributed by atoms with Gasteiger partial charge in [-0.15, -0.1) is 16.4 Å². The highest BCUT2D eigenvalue weighted by atomic mass is 32.1. The van der Waals surface area contributed by atoms with Crippen LogP contribution in [0.15, 0.2) is 41.8 Å². The van der Waals surface area contributed by atoms with Crippen molar-refractivity contribution in [3.8, 4) is 0 Å². The molecule has 6 nitrogen and oxygen atoms in total. The Hall–Kier alpha value is -2.66. The summed E-state index contributed by atoms with van der Waals surface area (Å²) in [6, 6.07) is 7.83. The Labute approximate surface area is 154 Å². The molecule has 0 fully saturated rings. The minimum atomic E-state index is -4.52. The minimum Gasteiger partial charge on any atom is -0.366 e. The number of aromatic nitrogens is 3. The van der Waals surface area contributed by atoms with Crippen molar-refractivity contribution < 1.29 is 18.0 Å². The maximum atomic E-state index is 12.8. The van der Waals surface area contributed by atoms with Crippen LogP contribution in [-0.4, -0.2) is 20.2 Å². The predicted molar refractivity (Wildman–Crippen MR) is 94.6 cm³/mol. The highest BCUT2D eigenvalue weighted by Crippen LogP contribution is 2.29. The summed E-state index contributed by atoms with van der Waals surface area (Å²) in [6.07, 6.45) is -4.52. The third-order valence-electron chi connectivity index (χ3n) is 3.41.